The van der Waals surface area contributed by atoms with Crippen LogP contribution in [0.25, 0.3) is 0 Å². The van der Waals surface area contributed by atoms with Crippen LogP contribution >= 0.6 is 0 Å². The highest BCUT2D eigenvalue weighted by molar-refractivity contribution is 5.33. The van der Waals surface area contributed by atoms with Gasteiger partial charge in [-0.2, -0.15) is 0 Å². The molecule has 1 heteroatoms. The molecule has 0 unspecified atom stereocenters. The quantitative estimate of drug-likeness (QED) is 0.607. The molecule has 0 bridgehead atoms. The molecule has 0 aromatic heterocycles. The maximum atomic E-state index is 5.34. The number of benzene rings is 1. The van der Waals surface area contributed by atoms with Gasteiger partial charge in [-0.3, -0.25) is 0 Å². The molecule has 0 saturated heterocycles. The molecule has 0 spiro atoms. The predicted molar refractivity (Wildman–Crippen MR) is 51.4 cm³/mol. The second kappa shape index (κ2) is 3.96. The average Bonchev–Trinajstić information content (AvgIpc) is 1.99. The van der Waals surface area contributed by atoms with Crippen LogP contribution in [0.2, 0.25) is 0 Å². The maximum absolute atomic E-state index is 5.34. The second-order valence-electron chi connectivity index (χ2n) is 2.91. The van der Waals surface area contributed by atoms with E-state index in [1.165, 1.54) is 11.1 Å². The Balaban J connectivity index is 2.85. The number of allylic oxidation sites excluding steroid dienone is 1. The number of hydrogen-bond acceptors (Lipinski definition) is 1. The molecule has 0 saturated carbocycles. The topological polar surface area (TPSA) is 9.23 Å². The normalized spacial score (nSPS) is 10.6. The van der Waals surface area contributed by atoms with Gasteiger partial charge >= 0.3 is 0 Å². The van der Waals surface area contributed by atoms with Gasteiger partial charge < -0.3 is 4.74 Å². The summed E-state index contributed by atoms with van der Waals surface area (Å²) >= 11 is 0. The Morgan fingerprint density at radius 3 is 2.17 bits per heavy atom. The van der Waals surface area contributed by atoms with E-state index in [1.54, 1.807) is 6.26 Å². The van der Waals surface area contributed by atoms with Gasteiger partial charge in [0.05, 0.1) is 6.26 Å². The maximum Gasteiger partial charge on any atom is 0.127 e. The van der Waals surface area contributed by atoms with E-state index in [-0.39, 0.29) is 0 Å². The van der Waals surface area contributed by atoms with Crippen molar-refractivity contribution in [2.45, 2.75) is 20.8 Å². The largest absolute Gasteiger partial charge is 0.465 e. The predicted octanol–water partition coefficient (Wildman–Crippen LogP) is 3.22. The summed E-state index contributed by atoms with van der Waals surface area (Å²) in [6, 6.07) is 6.17. The first-order valence-electron chi connectivity index (χ1n) is 4.08. The van der Waals surface area contributed by atoms with Gasteiger partial charge in [-0.25, -0.2) is 0 Å². The Hall–Kier alpha value is -1.24. The highest BCUT2D eigenvalue weighted by Gasteiger charge is 1.93. The zero-order valence-corrected chi connectivity index (χ0v) is 7.79. The van der Waals surface area contributed by atoms with Crippen LogP contribution in [-0.2, 0) is 0 Å². The van der Waals surface area contributed by atoms with Crippen LogP contribution in [0.3, 0.4) is 0 Å². The summed E-state index contributed by atoms with van der Waals surface area (Å²) in [6.07, 6.45) is 3.56. The first kappa shape index (κ1) is 8.85. The van der Waals surface area contributed by atoms with Gasteiger partial charge in [0.2, 0.25) is 0 Å². The third-order valence-electron chi connectivity index (χ3n) is 1.54. The van der Waals surface area contributed by atoms with Crippen LogP contribution in [0.15, 0.2) is 30.5 Å². The molecule has 1 aromatic rings. The van der Waals surface area contributed by atoms with Gasteiger partial charge in [0.1, 0.15) is 5.75 Å². The van der Waals surface area contributed by atoms with Gasteiger partial charge in [-0.15, -0.1) is 0 Å². The molecule has 12 heavy (non-hydrogen) atoms. The molecule has 1 aromatic carbocycles. The number of rotatable bonds is 2. The van der Waals surface area contributed by atoms with Crippen LogP contribution < -0.4 is 4.74 Å². The Morgan fingerprint density at radius 1 is 1.08 bits per heavy atom. The zero-order chi connectivity index (χ0) is 8.97. The molecular weight excluding hydrogens is 148 g/mol. The molecular formula is C11H14O. The molecule has 0 radical (unpaired) electrons. The van der Waals surface area contributed by atoms with Crippen LogP contribution in [0.1, 0.15) is 18.1 Å². The monoisotopic (exact) mass is 162 g/mol. The first-order valence-corrected chi connectivity index (χ1v) is 4.08. The molecule has 0 aliphatic carbocycles. The molecule has 0 amide bonds. The molecule has 0 N–H and O–H groups in total. The fourth-order valence-corrected chi connectivity index (χ4v) is 1.15. The Kier molecular flexibility index (Phi) is 2.92. The summed E-state index contributed by atoms with van der Waals surface area (Å²) in [6.45, 7) is 6.06. The minimum absolute atomic E-state index is 0.908. The summed E-state index contributed by atoms with van der Waals surface area (Å²) in [5, 5.41) is 0. The minimum Gasteiger partial charge on any atom is -0.465 e. The highest BCUT2D eigenvalue weighted by Crippen LogP contribution is 2.16. The standard InChI is InChI=1S/C11H14O/c1-4-5-12-11-7-9(2)6-10(3)8-11/h4-8H,1-3H3/b5-4+. The van der Waals surface area contributed by atoms with Crippen molar-refractivity contribution in [3.8, 4) is 5.75 Å². The van der Waals surface area contributed by atoms with Crippen molar-refractivity contribution in [1.82, 2.24) is 0 Å². The second-order valence-corrected chi connectivity index (χ2v) is 2.91. The third-order valence-corrected chi connectivity index (χ3v) is 1.54. The Bertz CT molecular complexity index is 267. The molecule has 0 heterocycles. The molecule has 0 aliphatic rings. The number of aryl methyl sites for hydroxylation is 2. The average molecular weight is 162 g/mol. The van der Waals surface area contributed by atoms with Gasteiger partial charge in [-0.1, -0.05) is 12.1 Å². The molecule has 0 atom stereocenters. The van der Waals surface area contributed by atoms with Gasteiger partial charge in [-0.05, 0) is 44.0 Å². The summed E-state index contributed by atoms with van der Waals surface area (Å²) in [5.41, 5.74) is 2.46. The summed E-state index contributed by atoms with van der Waals surface area (Å²) < 4.78 is 5.34. The van der Waals surface area contributed by atoms with E-state index in [0.717, 1.165) is 5.75 Å². The Morgan fingerprint density at radius 2 is 1.67 bits per heavy atom. The van der Waals surface area contributed by atoms with Gasteiger partial charge in [0.25, 0.3) is 0 Å². The summed E-state index contributed by atoms with van der Waals surface area (Å²) in [7, 11) is 0. The van der Waals surface area contributed by atoms with Crippen molar-refractivity contribution >= 4 is 0 Å². The summed E-state index contributed by atoms with van der Waals surface area (Å²) in [4.78, 5) is 0. The lowest BCUT2D eigenvalue weighted by Crippen LogP contribution is -1.84. The van der Waals surface area contributed by atoms with Crippen LogP contribution in [0, 0.1) is 13.8 Å². The van der Waals surface area contributed by atoms with Crippen molar-refractivity contribution in [3.63, 3.8) is 0 Å². The van der Waals surface area contributed by atoms with Crippen molar-refractivity contribution in [2.24, 2.45) is 0 Å². The molecule has 64 valence electrons. The van der Waals surface area contributed by atoms with Crippen LogP contribution in [-0.4, -0.2) is 0 Å². The fourth-order valence-electron chi connectivity index (χ4n) is 1.15. The van der Waals surface area contributed by atoms with E-state index in [9.17, 15) is 0 Å². The van der Waals surface area contributed by atoms with Crippen molar-refractivity contribution in [1.29, 1.82) is 0 Å². The van der Waals surface area contributed by atoms with E-state index < -0.39 is 0 Å². The van der Waals surface area contributed by atoms with Crippen LogP contribution in [0.5, 0.6) is 5.75 Å². The van der Waals surface area contributed by atoms with E-state index >= 15 is 0 Å². The molecule has 0 aliphatic heterocycles. The SMILES string of the molecule is C/C=C/Oc1cc(C)cc(C)c1. The van der Waals surface area contributed by atoms with Gasteiger partial charge in [0, 0.05) is 0 Å². The molecule has 1 nitrogen and oxygen atoms in total. The number of hydrogen-bond donors (Lipinski definition) is 0. The Labute approximate surface area is 73.7 Å². The molecule has 1 rings (SSSR count). The minimum atomic E-state index is 0.908. The first-order chi connectivity index (χ1) is 5.72. The lowest BCUT2D eigenvalue weighted by molar-refractivity contribution is 0.479. The van der Waals surface area contributed by atoms with Gasteiger partial charge in [0.15, 0.2) is 0 Å². The van der Waals surface area contributed by atoms with Crippen LogP contribution in [0.4, 0.5) is 0 Å². The van der Waals surface area contributed by atoms with Crippen molar-refractivity contribution in [2.75, 3.05) is 0 Å². The molecule has 0 fully saturated rings. The third kappa shape index (κ3) is 2.42. The smallest absolute Gasteiger partial charge is 0.127 e. The van der Waals surface area contributed by atoms with E-state index in [4.69, 9.17) is 4.74 Å². The fraction of sp³-hybridized carbons (Fsp3) is 0.273. The van der Waals surface area contributed by atoms with Crippen molar-refractivity contribution in [3.05, 3.63) is 41.7 Å². The van der Waals surface area contributed by atoms with E-state index in [1.807, 2.05) is 25.1 Å². The van der Waals surface area contributed by atoms with E-state index in [2.05, 4.69) is 19.9 Å². The highest BCUT2D eigenvalue weighted by atomic mass is 16.5. The van der Waals surface area contributed by atoms with Crippen molar-refractivity contribution < 1.29 is 4.74 Å². The lowest BCUT2D eigenvalue weighted by Gasteiger charge is -2.02. The van der Waals surface area contributed by atoms with E-state index in [0.29, 0.717) is 0 Å². The zero-order valence-electron chi connectivity index (χ0n) is 7.79. The summed E-state index contributed by atoms with van der Waals surface area (Å²) in [5.74, 6) is 0.908. The lowest BCUT2D eigenvalue weighted by atomic mass is 10.1. The number of ether oxygens (including phenoxy) is 1.